The Morgan fingerprint density at radius 3 is 2.50 bits per heavy atom. The van der Waals surface area contributed by atoms with Gasteiger partial charge in [0.05, 0.1) is 6.54 Å². The predicted octanol–water partition coefficient (Wildman–Crippen LogP) is 2.52. The molecule has 0 spiro atoms. The van der Waals surface area contributed by atoms with E-state index in [1.54, 1.807) is 0 Å². The van der Waals surface area contributed by atoms with Gasteiger partial charge in [0.25, 0.3) is 0 Å². The summed E-state index contributed by atoms with van der Waals surface area (Å²) in [7, 11) is 2.03. The molecule has 0 radical (unpaired) electrons. The Morgan fingerprint density at radius 1 is 1.31 bits per heavy atom. The Morgan fingerprint density at radius 2 is 1.94 bits per heavy atom. The van der Waals surface area contributed by atoms with Crippen molar-refractivity contribution in [3.63, 3.8) is 0 Å². The monoisotopic (exact) mass is 217 g/mol. The molecule has 0 atom stereocenters. The average Bonchev–Trinajstić information content (AvgIpc) is 3.02. The molecule has 1 aliphatic rings. The van der Waals surface area contributed by atoms with Gasteiger partial charge >= 0.3 is 0 Å². The van der Waals surface area contributed by atoms with Crippen molar-refractivity contribution in [2.45, 2.75) is 19.8 Å². The second-order valence-electron chi connectivity index (χ2n) is 4.93. The van der Waals surface area contributed by atoms with E-state index in [-0.39, 0.29) is 5.78 Å². The zero-order chi connectivity index (χ0) is 11.5. The zero-order valence-electron chi connectivity index (χ0n) is 10.1. The van der Waals surface area contributed by atoms with Crippen LogP contribution in [0.1, 0.15) is 28.8 Å². The number of Topliss-reactive ketones (excluding diaryl/α,β-unsaturated/α-hetero) is 1. The fourth-order valence-electron chi connectivity index (χ4n) is 1.88. The van der Waals surface area contributed by atoms with Crippen LogP contribution in [0, 0.1) is 12.8 Å². The lowest BCUT2D eigenvalue weighted by Crippen LogP contribution is -2.27. The van der Waals surface area contributed by atoms with Gasteiger partial charge in [0.2, 0.25) is 0 Å². The molecule has 0 saturated heterocycles. The third kappa shape index (κ3) is 3.17. The molecule has 1 aromatic carbocycles. The van der Waals surface area contributed by atoms with Crippen LogP contribution < -0.4 is 0 Å². The first-order valence-corrected chi connectivity index (χ1v) is 5.93. The van der Waals surface area contributed by atoms with Crippen molar-refractivity contribution in [2.24, 2.45) is 5.92 Å². The lowest BCUT2D eigenvalue weighted by molar-refractivity contribution is 0.0944. The van der Waals surface area contributed by atoms with Crippen LogP contribution in [0.5, 0.6) is 0 Å². The summed E-state index contributed by atoms with van der Waals surface area (Å²) < 4.78 is 0. The van der Waals surface area contributed by atoms with Crippen molar-refractivity contribution >= 4 is 5.78 Å². The van der Waals surface area contributed by atoms with E-state index >= 15 is 0 Å². The molecule has 0 heterocycles. The molecule has 16 heavy (non-hydrogen) atoms. The van der Waals surface area contributed by atoms with Crippen LogP contribution in [0.15, 0.2) is 24.3 Å². The van der Waals surface area contributed by atoms with Gasteiger partial charge < -0.3 is 0 Å². The van der Waals surface area contributed by atoms with Crippen molar-refractivity contribution in [1.29, 1.82) is 0 Å². The molecule has 2 nitrogen and oxygen atoms in total. The van der Waals surface area contributed by atoms with Crippen LogP contribution in [0.4, 0.5) is 0 Å². The van der Waals surface area contributed by atoms with E-state index in [1.807, 2.05) is 38.2 Å². The average molecular weight is 217 g/mol. The first kappa shape index (κ1) is 11.3. The minimum absolute atomic E-state index is 0.225. The van der Waals surface area contributed by atoms with Crippen molar-refractivity contribution < 1.29 is 4.79 Å². The number of hydrogen-bond acceptors (Lipinski definition) is 2. The van der Waals surface area contributed by atoms with Gasteiger partial charge in [0, 0.05) is 12.1 Å². The molecule has 0 amide bonds. The van der Waals surface area contributed by atoms with Crippen molar-refractivity contribution in [1.82, 2.24) is 4.90 Å². The van der Waals surface area contributed by atoms with Crippen molar-refractivity contribution in [2.75, 3.05) is 20.1 Å². The molecule has 0 N–H and O–H groups in total. The van der Waals surface area contributed by atoms with E-state index in [9.17, 15) is 4.79 Å². The van der Waals surface area contributed by atoms with Gasteiger partial charge in [-0.05, 0) is 32.7 Å². The highest BCUT2D eigenvalue weighted by Crippen LogP contribution is 2.29. The number of carbonyl (C=O) groups excluding carboxylic acids is 1. The van der Waals surface area contributed by atoms with E-state index in [1.165, 1.54) is 18.4 Å². The largest absolute Gasteiger partial charge is 0.299 e. The summed E-state index contributed by atoms with van der Waals surface area (Å²) in [6.45, 7) is 3.64. The van der Waals surface area contributed by atoms with Gasteiger partial charge in [-0.25, -0.2) is 0 Å². The quantitative estimate of drug-likeness (QED) is 0.706. The summed E-state index contributed by atoms with van der Waals surface area (Å²) in [5.74, 6) is 1.07. The molecule has 0 bridgehead atoms. The van der Waals surface area contributed by atoms with Crippen LogP contribution in [0.2, 0.25) is 0 Å². The van der Waals surface area contributed by atoms with E-state index < -0.39 is 0 Å². The molecule has 1 saturated carbocycles. The minimum Gasteiger partial charge on any atom is -0.299 e. The molecule has 2 heteroatoms. The highest BCUT2D eigenvalue weighted by molar-refractivity contribution is 5.97. The second-order valence-corrected chi connectivity index (χ2v) is 4.93. The van der Waals surface area contributed by atoms with Crippen LogP contribution in [0.3, 0.4) is 0 Å². The Balaban J connectivity index is 1.88. The minimum atomic E-state index is 0.225. The Kier molecular flexibility index (Phi) is 3.39. The van der Waals surface area contributed by atoms with Crippen LogP contribution in [-0.2, 0) is 0 Å². The summed E-state index contributed by atoms with van der Waals surface area (Å²) in [5.41, 5.74) is 2.02. The molecule has 1 aliphatic carbocycles. The third-order valence-electron chi connectivity index (χ3n) is 3.05. The van der Waals surface area contributed by atoms with Crippen LogP contribution in [-0.4, -0.2) is 30.8 Å². The topological polar surface area (TPSA) is 20.3 Å². The molecule has 0 aliphatic heterocycles. The maximum absolute atomic E-state index is 11.9. The summed E-state index contributed by atoms with van der Waals surface area (Å²) >= 11 is 0. The van der Waals surface area contributed by atoms with Gasteiger partial charge in [-0.3, -0.25) is 9.69 Å². The smallest absolute Gasteiger partial charge is 0.176 e. The number of nitrogens with zero attached hydrogens (tertiary/aromatic N) is 1. The Hall–Kier alpha value is -1.15. The molecule has 0 aromatic heterocycles. The number of ketones is 1. The molecule has 1 aromatic rings. The fourth-order valence-corrected chi connectivity index (χ4v) is 1.88. The van der Waals surface area contributed by atoms with Gasteiger partial charge in [-0.2, -0.15) is 0 Å². The molecule has 1 fully saturated rings. The molecule has 0 unspecified atom stereocenters. The summed E-state index contributed by atoms with van der Waals surface area (Å²) in [6.07, 6.45) is 2.67. The first-order chi connectivity index (χ1) is 7.65. The Bertz CT molecular complexity index is 365. The molecule has 2 rings (SSSR count). The maximum atomic E-state index is 11.9. The standard InChI is InChI=1S/C14H19NO/c1-11-3-7-13(8-4-11)14(16)10-15(2)9-12-5-6-12/h3-4,7-8,12H,5-6,9-10H2,1-2H3. The number of likely N-dealkylation sites (N-methyl/N-ethyl adjacent to an activating group) is 1. The highest BCUT2D eigenvalue weighted by Gasteiger charge is 2.23. The maximum Gasteiger partial charge on any atom is 0.176 e. The van der Waals surface area contributed by atoms with Gasteiger partial charge in [0.15, 0.2) is 5.78 Å². The van der Waals surface area contributed by atoms with E-state index in [2.05, 4.69) is 4.90 Å². The number of benzene rings is 1. The fraction of sp³-hybridized carbons (Fsp3) is 0.500. The number of carbonyl (C=O) groups is 1. The van der Waals surface area contributed by atoms with Crippen LogP contribution in [0.25, 0.3) is 0 Å². The summed E-state index contributed by atoms with van der Waals surface area (Å²) in [4.78, 5) is 14.1. The highest BCUT2D eigenvalue weighted by atomic mass is 16.1. The SMILES string of the molecule is Cc1ccc(C(=O)CN(C)CC2CC2)cc1. The van der Waals surface area contributed by atoms with Crippen molar-refractivity contribution in [3.05, 3.63) is 35.4 Å². The third-order valence-corrected chi connectivity index (χ3v) is 3.05. The number of hydrogen-bond donors (Lipinski definition) is 0. The van der Waals surface area contributed by atoms with E-state index in [0.29, 0.717) is 6.54 Å². The van der Waals surface area contributed by atoms with E-state index in [4.69, 9.17) is 0 Å². The second kappa shape index (κ2) is 4.79. The van der Waals surface area contributed by atoms with Gasteiger partial charge in [-0.15, -0.1) is 0 Å². The first-order valence-electron chi connectivity index (χ1n) is 5.93. The lowest BCUT2D eigenvalue weighted by Gasteiger charge is -2.14. The number of aryl methyl sites for hydroxylation is 1. The van der Waals surface area contributed by atoms with E-state index in [0.717, 1.165) is 18.0 Å². The summed E-state index contributed by atoms with van der Waals surface area (Å²) in [5, 5.41) is 0. The lowest BCUT2D eigenvalue weighted by atomic mass is 10.1. The Labute approximate surface area is 97.3 Å². The molecule has 86 valence electrons. The van der Waals surface area contributed by atoms with Gasteiger partial charge in [0.1, 0.15) is 0 Å². The number of rotatable bonds is 5. The predicted molar refractivity (Wildman–Crippen MR) is 65.7 cm³/mol. The zero-order valence-corrected chi connectivity index (χ0v) is 10.1. The van der Waals surface area contributed by atoms with Gasteiger partial charge in [-0.1, -0.05) is 29.8 Å². The normalized spacial score (nSPS) is 15.4. The van der Waals surface area contributed by atoms with Crippen LogP contribution >= 0.6 is 0 Å². The van der Waals surface area contributed by atoms with Crippen molar-refractivity contribution in [3.8, 4) is 0 Å². The summed E-state index contributed by atoms with van der Waals surface area (Å²) in [6, 6.07) is 7.83. The molecular weight excluding hydrogens is 198 g/mol. The molecular formula is C14H19NO.